The van der Waals surface area contributed by atoms with Gasteiger partial charge in [-0.15, -0.1) is 0 Å². The van der Waals surface area contributed by atoms with Gasteiger partial charge < -0.3 is 5.32 Å². The second-order valence-electron chi connectivity index (χ2n) is 7.12. The van der Waals surface area contributed by atoms with Crippen molar-refractivity contribution in [2.24, 2.45) is 0 Å². The van der Waals surface area contributed by atoms with E-state index in [4.69, 9.17) is 0 Å². The molecule has 0 aromatic heterocycles. The largest absolute Gasteiger partial charge is 0.322 e. The van der Waals surface area contributed by atoms with Crippen molar-refractivity contribution >= 4 is 21.6 Å². The second-order valence-corrected chi connectivity index (χ2v) is 9.06. The van der Waals surface area contributed by atoms with E-state index in [2.05, 4.69) is 5.32 Å². The third-order valence-corrected chi connectivity index (χ3v) is 6.83. The summed E-state index contributed by atoms with van der Waals surface area (Å²) in [6.07, 6.45) is 3.92. The van der Waals surface area contributed by atoms with Gasteiger partial charge in [-0.1, -0.05) is 36.6 Å². The van der Waals surface area contributed by atoms with Crippen LogP contribution in [0, 0.1) is 13.8 Å². The summed E-state index contributed by atoms with van der Waals surface area (Å²) in [5, 5.41) is 2.83. The fourth-order valence-electron chi connectivity index (χ4n) is 3.34. The van der Waals surface area contributed by atoms with Gasteiger partial charge >= 0.3 is 0 Å². The molecule has 1 heterocycles. The van der Waals surface area contributed by atoms with Crippen LogP contribution in [0.5, 0.6) is 0 Å². The maximum Gasteiger partial charge on any atom is 0.255 e. The molecule has 1 amide bonds. The van der Waals surface area contributed by atoms with E-state index in [-0.39, 0.29) is 10.8 Å². The van der Waals surface area contributed by atoms with Crippen LogP contribution in [0.4, 0.5) is 5.69 Å². The van der Waals surface area contributed by atoms with Crippen LogP contribution in [0.15, 0.2) is 47.4 Å². The van der Waals surface area contributed by atoms with Crippen LogP contribution in [0.25, 0.3) is 0 Å². The summed E-state index contributed by atoms with van der Waals surface area (Å²) in [4.78, 5) is 12.8. The zero-order valence-electron chi connectivity index (χ0n) is 15.9. The highest BCUT2D eigenvalue weighted by Gasteiger charge is 2.25. The highest BCUT2D eigenvalue weighted by molar-refractivity contribution is 7.89. The number of nitrogens with zero attached hydrogens (tertiary/aromatic N) is 1. The van der Waals surface area contributed by atoms with E-state index in [0.717, 1.165) is 36.8 Å². The van der Waals surface area contributed by atoms with E-state index >= 15 is 0 Å². The van der Waals surface area contributed by atoms with Crippen LogP contribution < -0.4 is 5.32 Å². The van der Waals surface area contributed by atoms with Gasteiger partial charge in [0.2, 0.25) is 10.0 Å². The first-order valence-corrected chi connectivity index (χ1v) is 10.8. The predicted octanol–water partition coefficient (Wildman–Crippen LogP) is 4.12. The molecule has 2 aromatic rings. The van der Waals surface area contributed by atoms with Crippen LogP contribution in [-0.4, -0.2) is 31.7 Å². The van der Waals surface area contributed by atoms with Crippen LogP contribution in [0.2, 0.25) is 0 Å². The third kappa shape index (κ3) is 4.57. The Balaban J connectivity index is 1.83. The van der Waals surface area contributed by atoms with Gasteiger partial charge in [-0.2, -0.15) is 4.31 Å². The Morgan fingerprint density at radius 1 is 0.963 bits per heavy atom. The minimum absolute atomic E-state index is 0.225. The average Bonchev–Trinajstić information content (AvgIpc) is 2.94. The number of rotatable bonds is 4. The SMILES string of the molecule is Cc1ccc(C)c(C(=O)Nc2cccc(S(=O)(=O)N3CCCCCC3)c2)c1. The van der Waals surface area contributed by atoms with Crippen molar-refractivity contribution in [2.45, 2.75) is 44.4 Å². The lowest BCUT2D eigenvalue weighted by Gasteiger charge is -2.20. The Kier molecular flexibility index (Phi) is 5.97. The number of nitrogens with one attached hydrogen (secondary N) is 1. The van der Waals surface area contributed by atoms with E-state index < -0.39 is 10.0 Å². The second kappa shape index (κ2) is 8.23. The number of sulfonamides is 1. The van der Waals surface area contributed by atoms with Crippen molar-refractivity contribution in [2.75, 3.05) is 18.4 Å². The number of hydrogen-bond acceptors (Lipinski definition) is 3. The van der Waals surface area contributed by atoms with Crippen LogP contribution in [0.1, 0.15) is 47.2 Å². The van der Waals surface area contributed by atoms with Gasteiger partial charge in [-0.25, -0.2) is 8.42 Å². The highest BCUT2D eigenvalue weighted by Crippen LogP contribution is 2.23. The van der Waals surface area contributed by atoms with Gasteiger partial charge in [0.1, 0.15) is 0 Å². The molecule has 1 aliphatic heterocycles. The molecule has 0 radical (unpaired) electrons. The smallest absolute Gasteiger partial charge is 0.255 e. The van der Waals surface area contributed by atoms with E-state index in [1.54, 1.807) is 28.6 Å². The Morgan fingerprint density at radius 3 is 2.37 bits per heavy atom. The third-order valence-electron chi connectivity index (χ3n) is 4.93. The molecule has 0 bridgehead atoms. The summed E-state index contributed by atoms with van der Waals surface area (Å²) in [5.74, 6) is -0.236. The number of benzene rings is 2. The van der Waals surface area contributed by atoms with Crippen LogP contribution in [-0.2, 0) is 10.0 Å². The number of amides is 1. The van der Waals surface area contributed by atoms with E-state index in [1.807, 2.05) is 32.0 Å². The topological polar surface area (TPSA) is 66.5 Å². The summed E-state index contributed by atoms with van der Waals surface area (Å²) in [5.41, 5.74) is 2.96. The Hall–Kier alpha value is -2.18. The van der Waals surface area contributed by atoms with Gasteiger partial charge in [-0.05, 0) is 56.5 Å². The molecule has 3 rings (SSSR count). The van der Waals surface area contributed by atoms with E-state index in [0.29, 0.717) is 24.3 Å². The number of carbonyl (C=O) groups is 1. The highest BCUT2D eigenvalue weighted by atomic mass is 32.2. The van der Waals surface area contributed by atoms with Gasteiger partial charge in [0.05, 0.1) is 4.90 Å². The molecule has 0 atom stereocenters. The number of anilines is 1. The standard InChI is InChI=1S/C21H26N2O3S/c1-16-10-11-17(2)20(14-16)21(24)22-18-8-7-9-19(15-18)27(25,26)23-12-5-3-4-6-13-23/h7-11,14-15H,3-6,12-13H2,1-2H3,(H,22,24). The van der Waals surface area contributed by atoms with Crippen LogP contribution in [0.3, 0.4) is 0 Å². The molecule has 0 saturated carbocycles. The van der Waals surface area contributed by atoms with E-state index in [9.17, 15) is 13.2 Å². The normalized spacial score (nSPS) is 15.9. The van der Waals surface area contributed by atoms with Crippen molar-refractivity contribution < 1.29 is 13.2 Å². The lowest BCUT2D eigenvalue weighted by molar-refractivity contribution is 0.102. The first-order chi connectivity index (χ1) is 12.9. The molecule has 1 N–H and O–H groups in total. The molecule has 1 fully saturated rings. The summed E-state index contributed by atoms with van der Waals surface area (Å²) >= 11 is 0. The Morgan fingerprint density at radius 2 is 1.67 bits per heavy atom. The Bertz CT molecular complexity index is 930. The van der Waals surface area contributed by atoms with Crippen molar-refractivity contribution in [3.05, 3.63) is 59.2 Å². The molecule has 0 spiro atoms. The Labute approximate surface area is 161 Å². The number of hydrogen-bond donors (Lipinski definition) is 1. The first-order valence-electron chi connectivity index (χ1n) is 9.37. The molecular formula is C21H26N2O3S. The molecule has 144 valence electrons. The fourth-order valence-corrected chi connectivity index (χ4v) is 4.91. The lowest BCUT2D eigenvalue weighted by Crippen LogP contribution is -2.32. The summed E-state index contributed by atoms with van der Waals surface area (Å²) < 4.78 is 27.5. The minimum atomic E-state index is -3.54. The molecule has 1 aliphatic rings. The molecule has 0 unspecified atom stereocenters. The molecular weight excluding hydrogens is 360 g/mol. The maximum atomic E-state index is 13.0. The zero-order valence-corrected chi connectivity index (χ0v) is 16.7. The molecule has 27 heavy (non-hydrogen) atoms. The monoisotopic (exact) mass is 386 g/mol. The van der Waals surface area contributed by atoms with Crippen molar-refractivity contribution in [3.8, 4) is 0 Å². The summed E-state index contributed by atoms with van der Waals surface area (Å²) in [7, 11) is -3.54. The lowest BCUT2D eigenvalue weighted by atomic mass is 10.1. The molecule has 2 aromatic carbocycles. The number of aryl methyl sites for hydroxylation is 2. The maximum absolute atomic E-state index is 13.0. The van der Waals surface area contributed by atoms with Crippen molar-refractivity contribution in [1.82, 2.24) is 4.31 Å². The average molecular weight is 387 g/mol. The van der Waals surface area contributed by atoms with Gasteiger partial charge in [0.15, 0.2) is 0 Å². The molecule has 1 saturated heterocycles. The van der Waals surface area contributed by atoms with Crippen molar-refractivity contribution in [3.63, 3.8) is 0 Å². The van der Waals surface area contributed by atoms with Crippen molar-refractivity contribution in [1.29, 1.82) is 0 Å². The van der Waals surface area contributed by atoms with Gasteiger partial charge in [0, 0.05) is 24.3 Å². The first kappa shape index (κ1) is 19.6. The van der Waals surface area contributed by atoms with Gasteiger partial charge in [0.25, 0.3) is 5.91 Å². The molecule has 5 nitrogen and oxygen atoms in total. The molecule has 0 aliphatic carbocycles. The quantitative estimate of drug-likeness (QED) is 0.859. The van der Waals surface area contributed by atoms with Gasteiger partial charge in [-0.3, -0.25) is 4.79 Å². The molecule has 6 heteroatoms. The fraction of sp³-hybridized carbons (Fsp3) is 0.381. The minimum Gasteiger partial charge on any atom is -0.322 e. The summed E-state index contributed by atoms with van der Waals surface area (Å²) in [6, 6.07) is 12.2. The predicted molar refractivity (Wildman–Crippen MR) is 108 cm³/mol. The van der Waals surface area contributed by atoms with Crippen LogP contribution >= 0.6 is 0 Å². The number of carbonyl (C=O) groups excluding carboxylic acids is 1. The van der Waals surface area contributed by atoms with E-state index in [1.165, 1.54) is 0 Å². The zero-order chi connectivity index (χ0) is 19.4. The summed E-state index contributed by atoms with van der Waals surface area (Å²) in [6.45, 7) is 4.93.